The third-order valence-electron chi connectivity index (χ3n) is 2.61. The third-order valence-corrected chi connectivity index (χ3v) is 3.08. The summed E-state index contributed by atoms with van der Waals surface area (Å²) >= 11 is 6.10. The Morgan fingerprint density at radius 3 is 2.83 bits per heavy atom. The van der Waals surface area contributed by atoms with Gasteiger partial charge in [0.15, 0.2) is 0 Å². The van der Waals surface area contributed by atoms with Crippen molar-refractivity contribution in [3.05, 3.63) is 16.4 Å². The molecule has 0 fully saturated rings. The molecule has 0 spiro atoms. The van der Waals surface area contributed by atoms with E-state index in [1.165, 1.54) is 0 Å². The van der Waals surface area contributed by atoms with Gasteiger partial charge < -0.3 is 10.1 Å². The van der Waals surface area contributed by atoms with Gasteiger partial charge in [-0.1, -0.05) is 11.6 Å². The number of esters is 1. The van der Waals surface area contributed by atoms with Crippen LogP contribution in [0.4, 0.5) is 0 Å². The molecule has 0 aliphatic rings. The van der Waals surface area contributed by atoms with E-state index in [1.807, 2.05) is 20.9 Å². The van der Waals surface area contributed by atoms with Crippen LogP contribution in [0.2, 0.25) is 5.15 Å². The predicted octanol–water partition coefficient (Wildman–Crippen LogP) is 1.81. The molecule has 18 heavy (non-hydrogen) atoms. The molecule has 0 unspecified atom stereocenters. The maximum atomic E-state index is 11.1. The third kappa shape index (κ3) is 4.31. The van der Waals surface area contributed by atoms with Crippen molar-refractivity contribution in [3.8, 4) is 0 Å². The zero-order valence-corrected chi connectivity index (χ0v) is 11.9. The Kier molecular flexibility index (Phi) is 6.15. The molecule has 1 rings (SSSR count). The van der Waals surface area contributed by atoms with Crippen LogP contribution in [0.25, 0.3) is 0 Å². The van der Waals surface area contributed by atoms with E-state index in [9.17, 15) is 4.79 Å². The second-order valence-corrected chi connectivity index (χ2v) is 4.42. The van der Waals surface area contributed by atoms with Gasteiger partial charge in [0.25, 0.3) is 0 Å². The van der Waals surface area contributed by atoms with Crippen LogP contribution in [-0.4, -0.2) is 28.9 Å². The molecule has 0 amide bonds. The summed E-state index contributed by atoms with van der Waals surface area (Å²) in [5.74, 6) is -0.144. The summed E-state index contributed by atoms with van der Waals surface area (Å²) < 4.78 is 6.51. The van der Waals surface area contributed by atoms with Crippen molar-refractivity contribution in [1.29, 1.82) is 0 Å². The zero-order valence-electron chi connectivity index (χ0n) is 11.1. The minimum absolute atomic E-state index is 0.144. The van der Waals surface area contributed by atoms with Crippen molar-refractivity contribution in [2.24, 2.45) is 7.05 Å². The molecule has 0 aliphatic carbocycles. The molecule has 6 heteroatoms. The van der Waals surface area contributed by atoms with E-state index in [1.54, 1.807) is 4.68 Å². The standard InChI is InChI=1S/C12H20ClN3O2/c1-4-18-11(17)6-5-7-14-8-10-9(2)15-16(3)12(10)13/h14H,4-8H2,1-3H3. The number of rotatable bonds is 7. The Morgan fingerprint density at radius 1 is 1.56 bits per heavy atom. The highest BCUT2D eigenvalue weighted by atomic mass is 35.5. The van der Waals surface area contributed by atoms with Gasteiger partial charge in [-0.15, -0.1) is 0 Å². The fourth-order valence-corrected chi connectivity index (χ4v) is 1.92. The van der Waals surface area contributed by atoms with Crippen LogP contribution >= 0.6 is 11.6 Å². The lowest BCUT2D eigenvalue weighted by atomic mass is 10.2. The Morgan fingerprint density at radius 2 is 2.28 bits per heavy atom. The van der Waals surface area contributed by atoms with E-state index >= 15 is 0 Å². The van der Waals surface area contributed by atoms with Gasteiger partial charge in [-0.25, -0.2) is 0 Å². The molecule has 1 heterocycles. The Labute approximate surface area is 112 Å². The van der Waals surface area contributed by atoms with E-state index < -0.39 is 0 Å². The Bertz CT molecular complexity index is 404. The maximum Gasteiger partial charge on any atom is 0.305 e. The van der Waals surface area contributed by atoms with Crippen molar-refractivity contribution >= 4 is 17.6 Å². The average Bonchev–Trinajstić information content (AvgIpc) is 2.55. The Hall–Kier alpha value is -1.07. The van der Waals surface area contributed by atoms with Gasteiger partial charge in [-0.3, -0.25) is 9.48 Å². The van der Waals surface area contributed by atoms with Gasteiger partial charge in [0, 0.05) is 25.6 Å². The van der Waals surface area contributed by atoms with Crippen molar-refractivity contribution in [1.82, 2.24) is 15.1 Å². The van der Waals surface area contributed by atoms with Crippen molar-refractivity contribution in [2.75, 3.05) is 13.2 Å². The van der Waals surface area contributed by atoms with Gasteiger partial charge >= 0.3 is 5.97 Å². The number of hydrogen-bond acceptors (Lipinski definition) is 4. The first-order chi connectivity index (χ1) is 8.56. The summed E-state index contributed by atoms with van der Waals surface area (Å²) in [4.78, 5) is 11.1. The second kappa shape index (κ2) is 7.38. The van der Waals surface area contributed by atoms with Gasteiger partial charge in [0.2, 0.25) is 0 Å². The average molecular weight is 274 g/mol. The van der Waals surface area contributed by atoms with E-state index in [-0.39, 0.29) is 5.97 Å². The molecular weight excluding hydrogens is 254 g/mol. The zero-order chi connectivity index (χ0) is 13.5. The minimum Gasteiger partial charge on any atom is -0.466 e. The molecule has 0 aliphatic heterocycles. The number of aryl methyl sites for hydroxylation is 2. The summed E-state index contributed by atoms with van der Waals surface area (Å²) in [6.07, 6.45) is 1.20. The number of carbonyl (C=O) groups is 1. The van der Waals surface area contributed by atoms with Gasteiger partial charge in [-0.2, -0.15) is 5.10 Å². The summed E-state index contributed by atoms with van der Waals surface area (Å²) in [7, 11) is 1.82. The molecule has 0 radical (unpaired) electrons. The van der Waals surface area contributed by atoms with Crippen LogP contribution in [-0.2, 0) is 23.1 Å². The number of aromatic nitrogens is 2. The largest absolute Gasteiger partial charge is 0.466 e. The Balaban J connectivity index is 2.24. The number of nitrogens with zero attached hydrogens (tertiary/aromatic N) is 2. The second-order valence-electron chi connectivity index (χ2n) is 4.06. The van der Waals surface area contributed by atoms with Crippen molar-refractivity contribution in [2.45, 2.75) is 33.2 Å². The summed E-state index contributed by atoms with van der Waals surface area (Å²) in [5, 5.41) is 8.14. The van der Waals surface area contributed by atoms with Crippen LogP contribution in [0.3, 0.4) is 0 Å². The fourth-order valence-electron chi connectivity index (χ4n) is 1.68. The summed E-state index contributed by atoms with van der Waals surface area (Å²) in [6, 6.07) is 0. The molecule has 1 aromatic heterocycles. The van der Waals surface area contributed by atoms with Crippen LogP contribution in [0.5, 0.6) is 0 Å². The smallest absolute Gasteiger partial charge is 0.305 e. The molecule has 0 saturated carbocycles. The molecule has 0 bridgehead atoms. The highest BCUT2D eigenvalue weighted by molar-refractivity contribution is 6.30. The molecule has 0 saturated heterocycles. The lowest BCUT2D eigenvalue weighted by Gasteiger charge is -2.05. The van der Waals surface area contributed by atoms with Gasteiger partial charge in [-0.05, 0) is 26.8 Å². The van der Waals surface area contributed by atoms with Crippen LogP contribution in [0.1, 0.15) is 31.0 Å². The first-order valence-electron chi connectivity index (χ1n) is 6.10. The van der Waals surface area contributed by atoms with Crippen molar-refractivity contribution < 1.29 is 9.53 Å². The monoisotopic (exact) mass is 273 g/mol. The normalized spacial score (nSPS) is 10.7. The van der Waals surface area contributed by atoms with E-state index in [4.69, 9.17) is 16.3 Å². The molecule has 0 atom stereocenters. The number of carbonyl (C=O) groups excluding carboxylic acids is 1. The number of hydrogen-bond donors (Lipinski definition) is 1. The lowest BCUT2D eigenvalue weighted by molar-refractivity contribution is -0.143. The van der Waals surface area contributed by atoms with Crippen LogP contribution in [0, 0.1) is 6.92 Å². The first-order valence-corrected chi connectivity index (χ1v) is 6.48. The van der Waals surface area contributed by atoms with Crippen LogP contribution < -0.4 is 5.32 Å². The van der Waals surface area contributed by atoms with Crippen molar-refractivity contribution in [3.63, 3.8) is 0 Å². The molecule has 5 nitrogen and oxygen atoms in total. The molecular formula is C12H20ClN3O2. The van der Waals surface area contributed by atoms with Gasteiger partial charge in [0.1, 0.15) is 5.15 Å². The van der Waals surface area contributed by atoms with Crippen LogP contribution in [0.15, 0.2) is 0 Å². The van der Waals surface area contributed by atoms with Gasteiger partial charge in [0.05, 0.1) is 12.3 Å². The molecule has 1 aromatic rings. The number of ether oxygens (including phenoxy) is 1. The molecule has 1 N–H and O–H groups in total. The van der Waals surface area contributed by atoms with E-state index in [2.05, 4.69) is 10.4 Å². The summed E-state index contributed by atoms with van der Waals surface area (Å²) in [5.41, 5.74) is 1.94. The molecule has 0 aromatic carbocycles. The predicted molar refractivity (Wildman–Crippen MR) is 70.5 cm³/mol. The maximum absolute atomic E-state index is 11.1. The lowest BCUT2D eigenvalue weighted by Crippen LogP contribution is -2.17. The SMILES string of the molecule is CCOC(=O)CCCNCc1c(C)nn(C)c1Cl. The molecule has 102 valence electrons. The first kappa shape index (κ1) is 15.0. The highest BCUT2D eigenvalue weighted by Crippen LogP contribution is 2.17. The summed E-state index contributed by atoms with van der Waals surface area (Å²) in [6.45, 7) is 5.60. The number of halogens is 1. The van der Waals surface area contributed by atoms with E-state index in [0.717, 1.165) is 24.2 Å². The van der Waals surface area contributed by atoms with E-state index in [0.29, 0.717) is 24.7 Å². The minimum atomic E-state index is -0.144. The highest BCUT2D eigenvalue weighted by Gasteiger charge is 2.10. The number of nitrogens with one attached hydrogen (secondary N) is 1. The quantitative estimate of drug-likeness (QED) is 0.608. The fraction of sp³-hybridized carbons (Fsp3) is 0.667. The topological polar surface area (TPSA) is 56.1 Å².